The number of carbonyl (C=O) groups excluding carboxylic acids is 2. The molecule has 0 aliphatic carbocycles. The van der Waals surface area contributed by atoms with Gasteiger partial charge >= 0.3 is 5.97 Å². The Balaban J connectivity index is 2.03. The lowest BCUT2D eigenvalue weighted by atomic mass is 10.1. The van der Waals surface area contributed by atoms with E-state index in [2.05, 4.69) is 5.32 Å². The molecule has 26 heavy (non-hydrogen) atoms. The van der Waals surface area contributed by atoms with Gasteiger partial charge in [0.1, 0.15) is 6.04 Å². The molecule has 0 unspecified atom stereocenters. The molecule has 0 saturated heterocycles. The molecule has 2 rings (SSSR count). The van der Waals surface area contributed by atoms with Crippen LogP contribution < -0.4 is 5.32 Å². The summed E-state index contributed by atoms with van der Waals surface area (Å²) in [6, 6.07) is 17.2. The van der Waals surface area contributed by atoms with Crippen molar-refractivity contribution < 1.29 is 19.5 Å². The van der Waals surface area contributed by atoms with E-state index in [1.165, 1.54) is 11.8 Å². The maximum atomic E-state index is 12.2. The fraction of sp³-hybridized carbons (Fsp3) is 0.250. The summed E-state index contributed by atoms with van der Waals surface area (Å²) in [5, 5.41) is 12.2. The summed E-state index contributed by atoms with van der Waals surface area (Å²) >= 11 is 0. The molecular weight excluding hydrogens is 332 g/mol. The molecule has 2 aromatic carbocycles. The van der Waals surface area contributed by atoms with Crippen molar-refractivity contribution in [2.75, 3.05) is 0 Å². The zero-order chi connectivity index (χ0) is 18.9. The maximum Gasteiger partial charge on any atom is 0.326 e. The van der Waals surface area contributed by atoms with Crippen LogP contribution in [0, 0.1) is 0 Å². The quantitative estimate of drug-likeness (QED) is 0.761. The smallest absolute Gasteiger partial charge is 0.326 e. The minimum Gasteiger partial charge on any atom is -0.480 e. The van der Waals surface area contributed by atoms with Crippen LogP contribution in [0.15, 0.2) is 60.7 Å². The van der Waals surface area contributed by atoms with E-state index in [1.54, 1.807) is 0 Å². The largest absolute Gasteiger partial charge is 0.480 e. The van der Waals surface area contributed by atoms with Gasteiger partial charge in [0, 0.05) is 20.0 Å². The second kappa shape index (κ2) is 9.36. The van der Waals surface area contributed by atoms with Crippen LogP contribution in [0.3, 0.4) is 0 Å². The number of nitrogens with zero attached hydrogens (tertiary/aromatic N) is 1. The molecule has 2 N–H and O–H groups in total. The maximum absolute atomic E-state index is 12.2. The van der Waals surface area contributed by atoms with E-state index in [0.717, 1.165) is 11.1 Å². The Morgan fingerprint density at radius 1 is 0.962 bits per heavy atom. The molecule has 0 aromatic heterocycles. The topological polar surface area (TPSA) is 86.7 Å². The first kappa shape index (κ1) is 19.2. The first-order valence-corrected chi connectivity index (χ1v) is 8.32. The molecule has 6 nitrogen and oxygen atoms in total. The summed E-state index contributed by atoms with van der Waals surface area (Å²) in [7, 11) is 0. The molecular formula is C20H22N2O4. The monoisotopic (exact) mass is 354 g/mol. The predicted octanol–water partition coefficient (Wildman–Crippen LogP) is 2.19. The number of nitrogens with one attached hydrogen (secondary N) is 1. The highest BCUT2D eigenvalue weighted by Gasteiger charge is 2.30. The highest BCUT2D eigenvalue weighted by Crippen LogP contribution is 2.12. The Hall–Kier alpha value is -3.15. The van der Waals surface area contributed by atoms with Gasteiger partial charge in [0.05, 0.1) is 6.42 Å². The van der Waals surface area contributed by atoms with Crippen LogP contribution in [-0.4, -0.2) is 33.8 Å². The van der Waals surface area contributed by atoms with Crippen LogP contribution in [0.1, 0.15) is 24.5 Å². The molecule has 0 heterocycles. The molecule has 136 valence electrons. The Morgan fingerprint density at radius 2 is 1.50 bits per heavy atom. The molecule has 0 spiro atoms. The molecule has 0 saturated carbocycles. The van der Waals surface area contributed by atoms with E-state index in [4.69, 9.17) is 0 Å². The van der Waals surface area contributed by atoms with E-state index in [1.807, 2.05) is 60.7 Å². The standard InChI is InChI=1S/C20H22N2O4/c1-15(23)22(14-17-10-6-3-7-11-17)18(20(25)26)12-19(24)21-13-16-8-4-2-5-9-16/h2-11,18H,12-14H2,1H3,(H,21,24)(H,25,26)/t18-/m1/s1. The SMILES string of the molecule is CC(=O)N(Cc1ccccc1)[C@H](CC(=O)NCc1ccccc1)C(=O)O. The van der Waals surface area contributed by atoms with Gasteiger partial charge in [0.2, 0.25) is 11.8 Å². The fourth-order valence-corrected chi connectivity index (χ4v) is 2.60. The average molecular weight is 354 g/mol. The van der Waals surface area contributed by atoms with Crippen molar-refractivity contribution in [1.29, 1.82) is 0 Å². The van der Waals surface area contributed by atoms with Crippen LogP contribution in [0.25, 0.3) is 0 Å². The van der Waals surface area contributed by atoms with Crippen LogP contribution in [0.2, 0.25) is 0 Å². The number of benzene rings is 2. The van der Waals surface area contributed by atoms with Gasteiger partial charge in [-0.1, -0.05) is 60.7 Å². The minimum atomic E-state index is -1.22. The summed E-state index contributed by atoms with van der Waals surface area (Å²) in [6.07, 6.45) is -0.297. The molecule has 0 fully saturated rings. The van der Waals surface area contributed by atoms with E-state index in [-0.39, 0.29) is 13.0 Å². The van der Waals surface area contributed by atoms with E-state index < -0.39 is 23.8 Å². The third-order valence-electron chi connectivity index (χ3n) is 3.97. The zero-order valence-corrected chi connectivity index (χ0v) is 14.6. The zero-order valence-electron chi connectivity index (χ0n) is 14.6. The summed E-state index contributed by atoms with van der Waals surface area (Å²) in [4.78, 5) is 37.1. The molecule has 1 atom stereocenters. The van der Waals surface area contributed by atoms with Crippen molar-refractivity contribution in [2.45, 2.75) is 32.5 Å². The third kappa shape index (κ3) is 5.73. The summed E-state index contributed by atoms with van der Waals surface area (Å²) in [6.45, 7) is 1.75. The number of hydrogen-bond donors (Lipinski definition) is 2. The molecule has 6 heteroatoms. The van der Waals surface area contributed by atoms with Crippen molar-refractivity contribution in [2.24, 2.45) is 0 Å². The number of rotatable bonds is 8. The van der Waals surface area contributed by atoms with Gasteiger partial charge in [-0.25, -0.2) is 4.79 Å². The van der Waals surface area contributed by atoms with Gasteiger partial charge < -0.3 is 15.3 Å². The van der Waals surface area contributed by atoms with Gasteiger partial charge in [0.15, 0.2) is 0 Å². The van der Waals surface area contributed by atoms with Gasteiger partial charge in [-0.3, -0.25) is 9.59 Å². The Kier molecular flexibility index (Phi) is 6.91. The lowest BCUT2D eigenvalue weighted by molar-refractivity contribution is -0.151. The van der Waals surface area contributed by atoms with Gasteiger partial charge in [-0.05, 0) is 11.1 Å². The second-order valence-electron chi connectivity index (χ2n) is 5.95. The Morgan fingerprint density at radius 3 is 2.00 bits per heavy atom. The molecule has 0 radical (unpaired) electrons. The third-order valence-corrected chi connectivity index (χ3v) is 3.97. The van der Waals surface area contributed by atoms with Crippen molar-refractivity contribution >= 4 is 17.8 Å². The minimum absolute atomic E-state index is 0.138. The highest BCUT2D eigenvalue weighted by molar-refractivity contribution is 5.88. The van der Waals surface area contributed by atoms with E-state index in [0.29, 0.717) is 6.54 Å². The Bertz CT molecular complexity index is 747. The van der Waals surface area contributed by atoms with Crippen LogP contribution in [-0.2, 0) is 27.5 Å². The van der Waals surface area contributed by atoms with Crippen molar-refractivity contribution in [3.63, 3.8) is 0 Å². The number of aliphatic carboxylic acids is 1. The average Bonchev–Trinajstić information content (AvgIpc) is 2.64. The summed E-state index contributed by atoms with van der Waals surface area (Å²) in [5.74, 6) is -2.01. The molecule has 2 amide bonds. The molecule has 0 aliphatic heterocycles. The van der Waals surface area contributed by atoms with Crippen LogP contribution in [0.4, 0.5) is 0 Å². The number of carboxylic acids is 1. The fourth-order valence-electron chi connectivity index (χ4n) is 2.60. The van der Waals surface area contributed by atoms with Gasteiger partial charge in [-0.15, -0.1) is 0 Å². The predicted molar refractivity (Wildman–Crippen MR) is 97.0 cm³/mol. The Labute approximate surface area is 152 Å². The van der Waals surface area contributed by atoms with Crippen molar-refractivity contribution in [3.05, 3.63) is 71.8 Å². The number of amides is 2. The van der Waals surface area contributed by atoms with Crippen molar-refractivity contribution in [1.82, 2.24) is 10.2 Å². The first-order valence-electron chi connectivity index (χ1n) is 8.32. The van der Waals surface area contributed by atoms with Crippen LogP contribution >= 0.6 is 0 Å². The van der Waals surface area contributed by atoms with E-state index in [9.17, 15) is 19.5 Å². The molecule has 2 aromatic rings. The number of hydrogen-bond acceptors (Lipinski definition) is 3. The normalized spacial score (nSPS) is 11.4. The molecule has 0 aliphatic rings. The van der Waals surface area contributed by atoms with Crippen LogP contribution in [0.5, 0.6) is 0 Å². The summed E-state index contributed by atoms with van der Waals surface area (Å²) in [5.41, 5.74) is 1.72. The van der Waals surface area contributed by atoms with Gasteiger partial charge in [0.25, 0.3) is 0 Å². The highest BCUT2D eigenvalue weighted by atomic mass is 16.4. The molecule has 0 bridgehead atoms. The number of carbonyl (C=O) groups is 3. The lowest BCUT2D eigenvalue weighted by Crippen LogP contribution is -2.46. The van der Waals surface area contributed by atoms with Crippen molar-refractivity contribution in [3.8, 4) is 0 Å². The second-order valence-corrected chi connectivity index (χ2v) is 5.95. The number of carboxylic acid groups (broad SMARTS) is 1. The van der Waals surface area contributed by atoms with E-state index >= 15 is 0 Å². The summed E-state index contributed by atoms with van der Waals surface area (Å²) < 4.78 is 0. The lowest BCUT2D eigenvalue weighted by Gasteiger charge is -2.27. The van der Waals surface area contributed by atoms with Gasteiger partial charge in [-0.2, -0.15) is 0 Å². The first-order chi connectivity index (χ1) is 12.5.